The molecule has 4 nitrogen and oxygen atoms in total. The van der Waals surface area contributed by atoms with Gasteiger partial charge >= 0.3 is 6.36 Å². The number of amides is 1. The van der Waals surface area contributed by atoms with Gasteiger partial charge in [0.2, 0.25) is 5.91 Å². The smallest absolute Gasteiger partial charge is 0.457 e. The summed E-state index contributed by atoms with van der Waals surface area (Å²) in [4.78, 5) is 12.1. The molecule has 0 saturated carbocycles. The molecule has 0 bridgehead atoms. The molecule has 1 atom stereocenters. The molecule has 0 spiro atoms. The molecule has 0 aromatic heterocycles. The van der Waals surface area contributed by atoms with Crippen molar-refractivity contribution in [2.75, 3.05) is 12.3 Å². The van der Waals surface area contributed by atoms with Crippen LogP contribution in [-0.4, -0.2) is 24.6 Å². The molecule has 0 radical (unpaired) electrons. The van der Waals surface area contributed by atoms with Gasteiger partial charge in [-0.25, -0.2) is 0 Å². The predicted octanol–water partition coefficient (Wildman–Crippen LogP) is 4.67. The summed E-state index contributed by atoms with van der Waals surface area (Å²) >= 11 is 1.60. The molecule has 2 aromatic rings. The first-order valence-electron chi connectivity index (χ1n) is 7.94. The number of nitrogens with one attached hydrogen (secondary N) is 1. The minimum Gasteiger partial charge on any atom is -0.457 e. The summed E-state index contributed by atoms with van der Waals surface area (Å²) in [6.07, 6.45) is -3.78. The quantitative estimate of drug-likeness (QED) is 0.833. The van der Waals surface area contributed by atoms with Crippen molar-refractivity contribution in [3.63, 3.8) is 0 Å². The van der Waals surface area contributed by atoms with Gasteiger partial charge in [-0.3, -0.25) is 4.79 Å². The monoisotopic (exact) mass is 383 g/mol. The Hall–Kier alpha value is -2.35. The largest absolute Gasteiger partial charge is 0.573 e. The van der Waals surface area contributed by atoms with E-state index in [2.05, 4.69) is 10.1 Å². The zero-order valence-electron chi connectivity index (χ0n) is 13.6. The lowest BCUT2D eigenvalue weighted by Crippen LogP contribution is -2.26. The number of thioether (sulfide) groups is 1. The lowest BCUT2D eigenvalue weighted by atomic mass is 10.1. The molecule has 0 unspecified atom stereocenters. The summed E-state index contributed by atoms with van der Waals surface area (Å²) in [7, 11) is 0. The molecule has 1 heterocycles. The Morgan fingerprint density at radius 1 is 0.962 bits per heavy atom. The van der Waals surface area contributed by atoms with E-state index in [-0.39, 0.29) is 16.9 Å². The van der Waals surface area contributed by atoms with Gasteiger partial charge in [-0.15, -0.1) is 24.9 Å². The van der Waals surface area contributed by atoms with E-state index < -0.39 is 6.36 Å². The lowest BCUT2D eigenvalue weighted by Gasteiger charge is -2.14. The third kappa shape index (κ3) is 5.08. The van der Waals surface area contributed by atoms with Gasteiger partial charge in [0.25, 0.3) is 0 Å². The number of hydrogen-bond donors (Lipinski definition) is 1. The third-order valence-corrected chi connectivity index (χ3v) is 4.96. The summed E-state index contributed by atoms with van der Waals surface area (Å²) in [5.41, 5.74) is 0.885. The maximum atomic E-state index is 12.1. The van der Waals surface area contributed by atoms with Gasteiger partial charge in [-0.2, -0.15) is 0 Å². The summed E-state index contributed by atoms with van der Waals surface area (Å²) in [5, 5.41) is 2.64. The summed E-state index contributed by atoms with van der Waals surface area (Å²) < 4.78 is 45.9. The molecule has 1 amide bonds. The maximum absolute atomic E-state index is 12.1. The van der Waals surface area contributed by atoms with Crippen molar-refractivity contribution in [2.24, 2.45) is 0 Å². The molecular weight excluding hydrogens is 367 g/mol. The highest BCUT2D eigenvalue weighted by Gasteiger charge is 2.31. The molecule has 26 heavy (non-hydrogen) atoms. The highest BCUT2D eigenvalue weighted by atomic mass is 32.2. The number of carbonyl (C=O) groups excluding carboxylic acids is 1. The molecule has 1 saturated heterocycles. The van der Waals surface area contributed by atoms with E-state index in [1.54, 1.807) is 23.9 Å². The standard InChI is InChI=1S/C18H16F3NO3S/c19-18(20,21)25-15-8-6-14(7-9-15)24-13-4-2-12(3-5-13)16-17(23)22-10-1-11-26-16/h2-9,16H,1,10-11H2,(H,22,23)/t16-/m1/s1. The van der Waals surface area contributed by atoms with Crippen LogP contribution in [0.15, 0.2) is 48.5 Å². The summed E-state index contributed by atoms with van der Waals surface area (Å²) in [6.45, 7) is 0.692. The Labute approximate surface area is 152 Å². The van der Waals surface area contributed by atoms with Crippen LogP contribution in [0.3, 0.4) is 0 Å². The lowest BCUT2D eigenvalue weighted by molar-refractivity contribution is -0.274. The van der Waals surface area contributed by atoms with Crippen LogP contribution in [0, 0.1) is 0 Å². The number of rotatable bonds is 4. The predicted molar refractivity (Wildman–Crippen MR) is 92.5 cm³/mol. The van der Waals surface area contributed by atoms with Crippen molar-refractivity contribution in [1.29, 1.82) is 0 Å². The fraction of sp³-hybridized carbons (Fsp3) is 0.278. The molecule has 2 aromatic carbocycles. The van der Waals surface area contributed by atoms with E-state index in [0.717, 1.165) is 17.7 Å². The first kappa shape index (κ1) is 18.4. The van der Waals surface area contributed by atoms with Crippen LogP contribution in [0.5, 0.6) is 17.2 Å². The topological polar surface area (TPSA) is 47.6 Å². The van der Waals surface area contributed by atoms with Crippen molar-refractivity contribution in [3.05, 3.63) is 54.1 Å². The normalized spacial score (nSPS) is 18.0. The van der Waals surface area contributed by atoms with Crippen LogP contribution in [0.25, 0.3) is 0 Å². The van der Waals surface area contributed by atoms with Crippen molar-refractivity contribution < 1.29 is 27.4 Å². The van der Waals surface area contributed by atoms with E-state index in [1.165, 1.54) is 24.3 Å². The number of hydrogen-bond acceptors (Lipinski definition) is 4. The summed E-state index contributed by atoms with van der Waals surface area (Å²) in [5.74, 6) is 1.51. The Morgan fingerprint density at radius 2 is 1.54 bits per heavy atom. The van der Waals surface area contributed by atoms with E-state index in [1.807, 2.05) is 12.1 Å². The molecule has 1 aliphatic rings. The average molecular weight is 383 g/mol. The van der Waals surface area contributed by atoms with E-state index in [0.29, 0.717) is 18.0 Å². The van der Waals surface area contributed by atoms with Gasteiger partial charge in [0.1, 0.15) is 22.5 Å². The second-order valence-electron chi connectivity index (χ2n) is 5.59. The number of carbonyl (C=O) groups is 1. The Kier molecular flexibility index (Phi) is 5.61. The summed E-state index contributed by atoms with van der Waals surface area (Å²) in [6, 6.07) is 12.3. The first-order valence-corrected chi connectivity index (χ1v) is 8.98. The van der Waals surface area contributed by atoms with Crippen LogP contribution >= 0.6 is 11.8 Å². The second-order valence-corrected chi connectivity index (χ2v) is 6.80. The van der Waals surface area contributed by atoms with Gasteiger partial charge in [0.05, 0.1) is 0 Å². The van der Waals surface area contributed by atoms with E-state index in [4.69, 9.17) is 4.74 Å². The molecule has 1 fully saturated rings. The molecule has 1 aliphatic heterocycles. The molecule has 3 rings (SSSR count). The fourth-order valence-corrected chi connectivity index (χ4v) is 3.59. The highest BCUT2D eigenvalue weighted by molar-refractivity contribution is 8.00. The van der Waals surface area contributed by atoms with E-state index in [9.17, 15) is 18.0 Å². The van der Waals surface area contributed by atoms with Gasteiger partial charge in [0.15, 0.2) is 0 Å². The molecule has 0 aliphatic carbocycles. The Balaban J connectivity index is 1.64. The van der Waals surface area contributed by atoms with Crippen LogP contribution in [0.4, 0.5) is 13.2 Å². The number of alkyl halides is 3. The third-order valence-electron chi connectivity index (χ3n) is 3.62. The molecule has 1 N–H and O–H groups in total. The SMILES string of the molecule is O=C1NCCCS[C@@H]1c1ccc(Oc2ccc(OC(F)(F)F)cc2)cc1. The van der Waals surface area contributed by atoms with Crippen molar-refractivity contribution in [2.45, 2.75) is 18.0 Å². The van der Waals surface area contributed by atoms with Gasteiger partial charge in [0, 0.05) is 6.54 Å². The number of benzene rings is 2. The number of ether oxygens (including phenoxy) is 2. The fourth-order valence-electron chi connectivity index (χ4n) is 2.46. The van der Waals surface area contributed by atoms with Gasteiger partial charge in [-0.1, -0.05) is 12.1 Å². The van der Waals surface area contributed by atoms with Crippen molar-refractivity contribution >= 4 is 17.7 Å². The van der Waals surface area contributed by atoms with Gasteiger partial charge < -0.3 is 14.8 Å². The van der Waals surface area contributed by atoms with Crippen LogP contribution < -0.4 is 14.8 Å². The second kappa shape index (κ2) is 7.90. The molecular formula is C18H16F3NO3S. The Morgan fingerprint density at radius 3 is 2.15 bits per heavy atom. The van der Waals surface area contributed by atoms with Crippen LogP contribution in [0.2, 0.25) is 0 Å². The highest BCUT2D eigenvalue weighted by Crippen LogP contribution is 2.33. The van der Waals surface area contributed by atoms with Crippen molar-refractivity contribution in [3.8, 4) is 17.2 Å². The molecule has 8 heteroatoms. The zero-order valence-corrected chi connectivity index (χ0v) is 14.4. The van der Waals surface area contributed by atoms with Crippen LogP contribution in [-0.2, 0) is 4.79 Å². The molecule has 138 valence electrons. The van der Waals surface area contributed by atoms with Crippen molar-refractivity contribution in [1.82, 2.24) is 5.32 Å². The minimum absolute atomic E-state index is 0.00132. The minimum atomic E-state index is -4.72. The Bertz CT molecular complexity index is 748. The average Bonchev–Trinajstić information content (AvgIpc) is 2.81. The van der Waals surface area contributed by atoms with E-state index >= 15 is 0 Å². The van der Waals surface area contributed by atoms with Gasteiger partial charge in [-0.05, 0) is 54.1 Å². The first-order chi connectivity index (χ1) is 12.4. The van der Waals surface area contributed by atoms with Crippen LogP contribution in [0.1, 0.15) is 17.2 Å². The zero-order chi connectivity index (χ0) is 18.6. The maximum Gasteiger partial charge on any atom is 0.573 e. The number of halogens is 3.